The highest BCUT2D eigenvalue weighted by Crippen LogP contribution is 2.35. The Morgan fingerprint density at radius 2 is 1.76 bits per heavy atom. The zero-order valence-electron chi connectivity index (χ0n) is 12.2. The lowest BCUT2D eigenvalue weighted by molar-refractivity contribution is 0.867. The Kier molecular flexibility index (Phi) is 4.18. The van der Waals surface area contributed by atoms with E-state index in [0.29, 0.717) is 5.92 Å². The molecule has 0 saturated carbocycles. The lowest BCUT2D eigenvalue weighted by Gasteiger charge is -2.08. The summed E-state index contributed by atoms with van der Waals surface area (Å²) in [6, 6.07) is 16.9. The van der Waals surface area contributed by atoms with Gasteiger partial charge in [0.2, 0.25) is 0 Å². The van der Waals surface area contributed by atoms with Crippen LogP contribution in [0.5, 0.6) is 0 Å². The Morgan fingerprint density at radius 1 is 1.05 bits per heavy atom. The van der Waals surface area contributed by atoms with Crippen molar-refractivity contribution in [1.29, 1.82) is 0 Å². The molecule has 21 heavy (non-hydrogen) atoms. The van der Waals surface area contributed by atoms with Crippen molar-refractivity contribution in [2.75, 3.05) is 5.32 Å². The van der Waals surface area contributed by atoms with Gasteiger partial charge < -0.3 is 5.32 Å². The third-order valence-corrected chi connectivity index (χ3v) is 5.35. The molecule has 0 atom stereocenters. The Balaban J connectivity index is 1.75. The van der Waals surface area contributed by atoms with Crippen LogP contribution in [0.3, 0.4) is 0 Å². The second-order valence-electron chi connectivity index (χ2n) is 5.47. The molecule has 1 heterocycles. The predicted octanol–water partition coefficient (Wildman–Crippen LogP) is 6.29. The van der Waals surface area contributed by atoms with Gasteiger partial charge in [0, 0.05) is 20.7 Å². The van der Waals surface area contributed by atoms with E-state index in [1.54, 1.807) is 11.3 Å². The largest absolute Gasteiger partial charge is 0.380 e. The van der Waals surface area contributed by atoms with E-state index in [-0.39, 0.29) is 0 Å². The number of hydrogen-bond donors (Lipinski definition) is 1. The standard InChI is InChI=1S/C18H18ClNS/c1-12(2)13-7-9-14(10-8-13)20-11-17-18(19)15-5-3-4-6-16(15)21-17/h3-10,12,20H,11H2,1-2H3. The minimum Gasteiger partial charge on any atom is -0.380 e. The molecule has 0 aliphatic carbocycles. The van der Waals surface area contributed by atoms with Crippen molar-refractivity contribution in [3.05, 3.63) is 64.0 Å². The molecule has 108 valence electrons. The van der Waals surface area contributed by atoms with E-state index in [1.165, 1.54) is 15.1 Å². The molecule has 0 aliphatic rings. The fourth-order valence-electron chi connectivity index (χ4n) is 2.35. The highest BCUT2D eigenvalue weighted by Gasteiger charge is 2.09. The van der Waals surface area contributed by atoms with Crippen LogP contribution in [-0.2, 0) is 6.54 Å². The van der Waals surface area contributed by atoms with E-state index in [0.717, 1.165) is 22.6 Å². The Labute approximate surface area is 134 Å². The normalized spacial score (nSPS) is 11.2. The maximum absolute atomic E-state index is 6.46. The van der Waals surface area contributed by atoms with Crippen LogP contribution in [0.25, 0.3) is 10.1 Å². The molecular formula is C18H18ClNS. The molecule has 1 nitrogen and oxygen atoms in total. The van der Waals surface area contributed by atoms with Gasteiger partial charge in [-0.2, -0.15) is 0 Å². The Hall–Kier alpha value is -1.51. The summed E-state index contributed by atoms with van der Waals surface area (Å²) in [5.41, 5.74) is 2.49. The minimum atomic E-state index is 0.566. The number of anilines is 1. The van der Waals surface area contributed by atoms with Gasteiger partial charge >= 0.3 is 0 Å². The summed E-state index contributed by atoms with van der Waals surface area (Å²) in [6.07, 6.45) is 0. The summed E-state index contributed by atoms with van der Waals surface area (Å²) in [6.45, 7) is 5.18. The fraction of sp³-hybridized carbons (Fsp3) is 0.222. The van der Waals surface area contributed by atoms with E-state index in [2.05, 4.69) is 61.6 Å². The van der Waals surface area contributed by atoms with Crippen LogP contribution < -0.4 is 5.32 Å². The number of nitrogens with one attached hydrogen (secondary N) is 1. The van der Waals surface area contributed by atoms with Crippen LogP contribution in [0.1, 0.15) is 30.2 Å². The Morgan fingerprint density at radius 3 is 2.43 bits per heavy atom. The van der Waals surface area contributed by atoms with E-state index in [4.69, 9.17) is 11.6 Å². The Bertz CT molecular complexity index is 744. The fourth-order valence-corrected chi connectivity index (χ4v) is 3.79. The maximum Gasteiger partial charge on any atom is 0.0642 e. The zero-order valence-corrected chi connectivity index (χ0v) is 13.8. The summed E-state index contributed by atoms with van der Waals surface area (Å²) < 4.78 is 1.24. The van der Waals surface area contributed by atoms with Gasteiger partial charge in [0.1, 0.15) is 0 Å². The SMILES string of the molecule is CC(C)c1ccc(NCc2sc3ccccc3c2Cl)cc1. The molecule has 3 heteroatoms. The number of hydrogen-bond acceptors (Lipinski definition) is 2. The summed E-state index contributed by atoms with van der Waals surface area (Å²) in [5.74, 6) is 0.566. The van der Waals surface area contributed by atoms with Crippen LogP contribution in [-0.4, -0.2) is 0 Å². The quantitative estimate of drug-likeness (QED) is 0.596. The second-order valence-corrected chi connectivity index (χ2v) is 6.98. The highest BCUT2D eigenvalue weighted by atomic mass is 35.5. The first-order chi connectivity index (χ1) is 10.1. The van der Waals surface area contributed by atoms with Crippen LogP contribution in [0.15, 0.2) is 48.5 Å². The van der Waals surface area contributed by atoms with Gasteiger partial charge in [-0.15, -0.1) is 11.3 Å². The van der Waals surface area contributed by atoms with Crippen molar-refractivity contribution in [1.82, 2.24) is 0 Å². The topological polar surface area (TPSA) is 12.0 Å². The van der Waals surface area contributed by atoms with Gasteiger partial charge in [-0.25, -0.2) is 0 Å². The van der Waals surface area contributed by atoms with Crippen molar-refractivity contribution in [3.8, 4) is 0 Å². The van der Waals surface area contributed by atoms with Crippen LogP contribution >= 0.6 is 22.9 Å². The van der Waals surface area contributed by atoms with E-state index in [9.17, 15) is 0 Å². The first-order valence-electron chi connectivity index (χ1n) is 7.15. The molecule has 0 fully saturated rings. The molecule has 0 saturated heterocycles. The minimum absolute atomic E-state index is 0.566. The van der Waals surface area contributed by atoms with Gasteiger partial charge in [0.25, 0.3) is 0 Å². The summed E-state index contributed by atoms with van der Waals surface area (Å²) in [7, 11) is 0. The van der Waals surface area contributed by atoms with Crippen LogP contribution in [0, 0.1) is 0 Å². The molecule has 3 aromatic rings. The van der Waals surface area contributed by atoms with Crippen molar-refractivity contribution >= 4 is 38.7 Å². The molecule has 2 aromatic carbocycles. The van der Waals surface area contributed by atoms with Crippen molar-refractivity contribution < 1.29 is 0 Å². The van der Waals surface area contributed by atoms with Gasteiger partial charge in [-0.3, -0.25) is 0 Å². The van der Waals surface area contributed by atoms with Gasteiger partial charge in [-0.05, 0) is 29.7 Å². The molecule has 0 spiro atoms. The van der Waals surface area contributed by atoms with Crippen molar-refractivity contribution in [2.24, 2.45) is 0 Å². The van der Waals surface area contributed by atoms with Gasteiger partial charge in [-0.1, -0.05) is 55.8 Å². The molecular weight excluding hydrogens is 298 g/mol. The first-order valence-corrected chi connectivity index (χ1v) is 8.34. The van der Waals surface area contributed by atoms with E-state index in [1.807, 2.05) is 6.07 Å². The van der Waals surface area contributed by atoms with E-state index < -0.39 is 0 Å². The number of fused-ring (bicyclic) bond motifs is 1. The van der Waals surface area contributed by atoms with Gasteiger partial charge in [0.05, 0.1) is 11.6 Å². The lowest BCUT2D eigenvalue weighted by Crippen LogP contribution is -1.98. The van der Waals surface area contributed by atoms with Crippen molar-refractivity contribution in [3.63, 3.8) is 0 Å². The molecule has 0 bridgehead atoms. The average Bonchev–Trinajstić information content (AvgIpc) is 2.82. The van der Waals surface area contributed by atoms with Crippen LogP contribution in [0.2, 0.25) is 5.02 Å². The first kappa shape index (κ1) is 14.4. The lowest BCUT2D eigenvalue weighted by atomic mass is 10.0. The average molecular weight is 316 g/mol. The van der Waals surface area contributed by atoms with Crippen LogP contribution in [0.4, 0.5) is 5.69 Å². The molecule has 3 rings (SSSR count). The van der Waals surface area contributed by atoms with E-state index >= 15 is 0 Å². The zero-order chi connectivity index (χ0) is 14.8. The van der Waals surface area contributed by atoms with Crippen molar-refractivity contribution in [2.45, 2.75) is 26.3 Å². The monoisotopic (exact) mass is 315 g/mol. The third-order valence-electron chi connectivity index (χ3n) is 3.63. The molecule has 0 radical (unpaired) electrons. The predicted molar refractivity (Wildman–Crippen MR) is 94.7 cm³/mol. The molecule has 0 amide bonds. The maximum atomic E-state index is 6.46. The highest BCUT2D eigenvalue weighted by molar-refractivity contribution is 7.19. The second kappa shape index (κ2) is 6.08. The third kappa shape index (κ3) is 3.07. The molecule has 1 aromatic heterocycles. The summed E-state index contributed by atoms with van der Waals surface area (Å²) >= 11 is 8.22. The molecule has 1 N–H and O–H groups in total. The smallest absolute Gasteiger partial charge is 0.0642 e. The molecule has 0 aliphatic heterocycles. The number of thiophene rings is 1. The molecule has 0 unspecified atom stereocenters. The number of benzene rings is 2. The summed E-state index contributed by atoms with van der Waals surface area (Å²) in [5, 5.41) is 5.48. The number of rotatable bonds is 4. The number of halogens is 1. The van der Waals surface area contributed by atoms with Gasteiger partial charge in [0.15, 0.2) is 0 Å². The summed E-state index contributed by atoms with van der Waals surface area (Å²) in [4.78, 5) is 1.19.